The van der Waals surface area contributed by atoms with E-state index in [-0.39, 0.29) is 16.6 Å². The van der Waals surface area contributed by atoms with Crippen LogP contribution >= 0.6 is 0 Å². The first-order chi connectivity index (χ1) is 10.4. The maximum absolute atomic E-state index is 11.7. The van der Waals surface area contributed by atoms with Gasteiger partial charge >= 0.3 is 0 Å². The maximum atomic E-state index is 11.7. The molecule has 0 heterocycles. The van der Waals surface area contributed by atoms with E-state index in [9.17, 15) is 10.1 Å². The Labute approximate surface area is 134 Å². The topological polar surface area (TPSA) is 40.9 Å². The fourth-order valence-electron chi connectivity index (χ4n) is 5.79. The van der Waals surface area contributed by atoms with Gasteiger partial charge in [0.05, 0.1) is 6.07 Å². The van der Waals surface area contributed by atoms with Gasteiger partial charge in [-0.1, -0.05) is 38.8 Å². The second kappa shape index (κ2) is 5.37. The van der Waals surface area contributed by atoms with E-state index in [1.807, 2.05) is 6.08 Å². The SMILES string of the molecule is CCC1C2CCC3=CC(=O)C=CC3(C)C2CCC1(C)CC#N. The average Bonchev–Trinajstić information content (AvgIpc) is 2.48. The van der Waals surface area contributed by atoms with Crippen LogP contribution in [-0.2, 0) is 4.79 Å². The second-order valence-corrected chi connectivity index (χ2v) is 8.04. The zero-order valence-electron chi connectivity index (χ0n) is 14.1. The first-order valence-corrected chi connectivity index (χ1v) is 8.76. The second-order valence-electron chi connectivity index (χ2n) is 8.04. The Balaban J connectivity index is 1.95. The quantitative estimate of drug-likeness (QED) is 0.733. The molecule has 0 aliphatic heterocycles. The highest BCUT2D eigenvalue weighted by atomic mass is 16.1. The van der Waals surface area contributed by atoms with Gasteiger partial charge in [-0.25, -0.2) is 0 Å². The van der Waals surface area contributed by atoms with Crippen LogP contribution in [0.5, 0.6) is 0 Å². The zero-order chi connectivity index (χ0) is 16.0. The molecule has 0 bridgehead atoms. The molecule has 5 unspecified atom stereocenters. The summed E-state index contributed by atoms with van der Waals surface area (Å²) in [5.41, 5.74) is 1.59. The zero-order valence-corrected chi connectivity index (χ0v) is 14.1. The predicted octanol–water partition coefficient (Wildman–Crippen LogP) is 4.82. The first kappa shape index (κ1) is 15.5. The van der Waals surface area contributed by atoms with Gasteiger partial charge in [0.2, 0.25) is 0 Å². The average molecular weight is 297 g/mol. The van der Waals surface area contributed by atoms with Crippen molar-refractivity contribution in [3.05, 3.63) is 23.8 Å². The summed E-state index contributed by atoms with van der Waals surface area (Å²) in [7, 11) is 0. The molecule has 3 aliphatic carbocycles. The Morgan fingerprint density at radius 2 is 2.14 bits per heavy atom. The van der Waals surface area contributed by atoms with Gasteiger partial charge in [0, 0.05) is 11.8 Å². The molecular weight excluding hydrogens is 270 g/mol. The number of rotatable bonds is 2. The van der Waals surface area contributed by atoms with Crippen LogP contribution < -0.4 is 0 Å². The lowest BCUT2D eigenvalue weighted by Crippen LogP contribution is -2.49. The van der Waals surface area contributed by atoms with Crippen molar-refractivity contribution in [2.24, 2.45) is 28.6 Å². The Hall–Kier alpha value is -1.36. The highest BCUT2D eigenvalue weighted by molar-refractivity contribution is 6.01. The van der Waals surface area contributed by atoms with E-state index in [0.717, 1.165) is 19.3 Å². The molecule has 118 valence electrons. The van der Waals surface area contributed by atoms with Crippen LogP contribution in [0.1, 0.15) is 59.3 Å². The van der Waals surface area contributed by atoms with Crippen molar-refractivity contribution in [3.8, 4) is 6.07 Å². The lowest BCUT2D eigenvalue weighted by atomic mass is 9.47. The number of ketones is 1. The molecule has 2 heteroatoms. The molecule has 3 aliphatic rings. The van der Waals surface area contributed by atoms with Crippen LogP contribution in [0.4, 0.5) is 0 Å². The largest absolute Gasteiger partial charge is 0.290 e. The summed E-state index contributed by atoms with van der Waals surface area (Å²) in [6.07, 6.45) is 12.3. The van der Waals surface area contributed by atoms with Crippen molar-refractivity contribution in [2.45, 2.75) is 59.3 Å². The number of fused-ring (bicyclic) bond motifs is 3. The number of carbonyl (C=O) groups is 1. The summed E-state index contributed by atoms with van der Waals surface area (Å²) >= 11 is 0. The highest BCUT2D eigenvalue weighted by Crippen LogP contribution is 2.61. The number of carbonyl (C=O) groups excluding carboxylic acids is 1. The third kappa shape index (κ3) is 2.18. The summed E-state index contributed by atoms with van der Waals surface area (Å²) in [5, 5.41) is 9.25. The molecule has 0 saturated heterocycles. The van der Waals surface area contributed by atoms with Crippen LogP contribution in [0, 0.1) is 39.9 Å². The van der Waals surface area contributed by atoms with Crippen molar-refractivity contribution >= 4 is 5.78 Å². The van der Waals surface area contributed by atoms with Gasteiger partial charge in [-0.2, -0.15) is 5.26 Å². The summed E-state index contributed by atoms with van der Waals surface area (Å²) in [4.78, 5) is 11.7. The number of nitriles is 1. The normalized spacial score (nSPS) is 43.8. The Morgan fingerprint density at radius 1 is 1.36 bits per heavy atom. The molecule has 0 aromatic carbocycles. The lowest BCUT2D eigenvalue weighted by molar-refractivity contribution is -0.111. The third-order valence-corrected chi connectivity index (χ3v) is 7.00. The van der Waals surface area contributed by atoms with Crippen LogP contribution in [0.3, 0.4) is 0 Å². The first-order valence-electron chi connectivity index (χ1n) is 8.76. The Bertz CT molecular complexity index is 581. The molecule has 2 saturated carbocycles. The minimum Gasteiger partial charge on any atom is -0.290 e. The molecule has 2 nitrogen and oxygen atoms in total. The molecule has 0 aromatic rings. The third-order valence-electron chi connectivity index (χ3n) is 7.00. The molecule has 0 radical (unpaired) electrons. The maximum Gasteiger partial charge on any atom is 0.178 e. The van der Waals surface area contributed by atoms with E-state index in [1.165, 1.54) is 18.4 Å². The van der Waals surface area contributed by atoms with Crippen LogP contribution in [-0.4, -0.2) is 5.78 Å². The highest BCUT2D eigenvalue weighted by Gasteiger charge is 2.53. The van der Waals surface area contributed by atoms with Gasteiger partial charge < -0.3 is 0 Å². The lowest BCUT2D eigenvalue weighted by Gasteiger charge is -2.57. The smallest absolute Gasteiger partial charge is 0.178 e. The molecular formula is C20H27NO. The summed E-state index contributed by atoms with van der Waals surface area (Å²) in [6, 6.07) is 2.44. The minimum atomic E-state index is 0.0677. The molecule has 0 aromatic heterocycles. The van der Waals surface area contributed by atoms with Crippen LogP contribution in [0.25, 0.3) is 0 Å². The van der Waals surface area contributed by atoms with E-state index in [1.54, 1.807) is 6.08 Å². The molecule has 0 amide bonds. The van der Waals surface area contributed by atoms with E-state index < -0.39 is 0 Å². The summed E-state index contributed by atoms with van der Waals surface area (Å²) in [5.74, 6) is 2.11. The molecule has 22 heavy (non-hydrogen) atoms. The van der Waals surface area contributed by atoms with Gasteiger partial charge in [-0.15, -0.1) is 0 Å². The Kier molecular flexibility index (Phi) is 3.79. The number of nitrogens with zero attached hydrogens (tertiary/aromatic N) is 1. The number of allylic oxidation sites excluding steroid dienone is 4. The van der Waals surface area contributed by atoms with Gasteiger partial charge in [0.1, 0.15) is 0 Å². The van der Waals surface area contributed by atoms with Crippen molar-refractivity contribution in [1.29, 1.82) is 5.26 Å². The molecule has 5 atom stereocenters. The van der Waals surface area contributed by atoms with Crippen molar-refractivity contribution in [3.63, 3.8) is 0 Å². The van der Waals surface area contributed by atoms with E-state index in [0.29, 0.717) is 24.2 Å². The summed E-state index contributed by atoms with van der Waals surface area (Å²) < 4.78 is 0. The molecule has 0 N–H and O–H groups in total. The van der Waals surface area contributed by atoms with Crippen molar-refractivity contribution in [1.82, 2.24) is 0 Å². The fraction of sp³-hybridized carbons (Fsp3) is 0.700. The summed E-state index contributed by atoms with van der Waals surface area (Å²) in [6.45, 7) is 6.95. The molecule has 0 spiro atoms. The standard InChI is InChI=1S/C20H27NO/c1-4-17-16-6-5-14-13-15(22)7-10-20(14,3)18(16)8-9-19(17,2)11-12-21/h7,10,13,16-18H,4-6,8-9,11H2,1-3H3. The number of hydrogen-bond acceptors (Lipinski definition) is 2. The predicted molar refractivity (Wildman–Crippen MR) is 87.9 cm³/mol. The monoisotopic (exact) mass is 297 g/mol. The minimum absolute atomic E-state index is 0.0677. The van der Waals surface area contributed by atoms with Crippen molar-refractivity contribution in [2.75, 3.05) is 0 Å². The number of hydrogen-bond donors (Lipinski definition) is 0. The Morgan fingerprint density at radius 3 is 2.82 bits per heavy atom. The van der Waals surface area contributed by atoms with Gasteiger partial charge in [-0.05, 0) is 61.0 Å². The molecule has 2 fully saturated rings. The van der Waals surface area contributed by atoms with E-state index >= 15 is 0 Å². The van der Waals surface area contributed by atoms with Crippen LogP contribution in [0.15, 0.2) is 23.8 Å². The van der Waals surface area contributed by atoms with Gasteiger partial charge in [0.15, 0.2) is 5.78 Å². The van der Waals surface area contributed by atoms with E-state index in [4.69, 9.17) is 0 Å². The van der Waals surface area contributed by atoms with Crippen molar-refractivity contribution < 1.29 is 4.79 Å². The van der Waals surface area contributed by atoms with E-state index in [2.05, 4.69) is 32.9 Å². The molecule has 3 rings (SSSR count). The van der Waals surface area contributed by atoms with Gasteiger partial charge in [0.25, 0.3) is 0 Å². The van der Waals surface area contributed by atoms with Crippen LogP contribution in [0.2, 0.25) is 0 Å². The van der Waals surface area contributed by atoms with Gasteiger partial charge in [-0.3, -0.25) is 4.79 Å². The fourth-order valence-corrected chi connectivity index (χ4v) is 5.79.